The normalized spacial score (nSPS) is 16.5. The number of sulfonamides is 1. The van der Waals surface area contributed by atoms with E-state index in [9.17, 15) is 40.0 Å². The van der Waals surface area contributed by atoms with Crippen LogP contribution in [0.5, 0.6) is 0 Å². The van der Waals surface area contributed by atoms with Gasteiger partial charge < -0.3 is 15.5 Å². The molecule has 0 aromatic heterocycles. The van der Waals surface area contributed by atoms with Gasteiger partial charge in [-0.2, -0.15) is 13.2 Å². The van der Waals surface area contributed by atoms with Crippen molar-refractivity contribution in [3.63, 3.8) is 0 Å². The number of piperazine rings is 1. The van der Waals surface area contributed by atoms with Crippen LogP contribution >= 0.6 is 11.6 Å². The second-order valence-electron chi connectivity index (χ2n) is 9.62. The average Bonchev–Trinajstić information content (AvgIpc) is 2.87. The SMILES string of the molecule is C[C@@H]1CN(CCC(F)(F)F)CCN1c1cc(Cl)ccc1NC(=O)c1ccc(CNC(=O)CCS(N)(=O)=O)c(F)c1F. The molecule has 226 valence electrons. The molecule has 41 heavy (non-hydrogen) atoms. The Balaban J connectivity index is 1.71. The largest absolute Gasteiger partial charge is 0.390 e. The zero-order valence-corrected chi connectivity index (χ0v) is 23.5. The number of amides is 2. The van der Waals surface area contributed by atoms with Crippen LogP contribution in [0.1, 0.15) is 35.7 Å². The molecule has 16 heteroatoms. The summed E-state index contributed by atoms with van der Waals surface area (Å²) in [5, 5.41) is 9.97. The second-order valence-corrected chi connectivity index (χ2v) is 11.8. The Morgan fingerprint density at radius 3 is 2.46 bits per heavy atom. The summed E-state index contributed by atoms with van der Waals surface area (Å²) in [6, 6.07) is 6.44. The van der Waals surface area contributed by atoms with E-state index in [4.69, 9.17) is 16.7 Å². The van der Waals surface area contributed by atoms with Gasteiger partial charge in [0.1, 0.15) is 0 Å². The summed E-state index contributed by atoms with van der Waals surface area (Å²) >= 11 is 6.17. The number of rotatable bonds is 10. The summed E-state index contributed by atoms with van der Waals surface area (Å²) in [4.78, 5) is 28.3. The average molecular weight is 626 g/mol. The molecule has 0 unspecified atom stereocenters. The van der Waals surface area contributed by atoms with Crippen LogP contribution in [-0.4, -0.2) is 69.3 Å². The lowest BCUT2D eigenvalue weighted by Crippen LogP contribution is -2.52. The number of carbonyl (C=O) groups is 2. The lowest BCUT2D eigenvalue weighted by atomic mass is 10.1. The fourth-order valence-electron chi connectivity index (χ4n) is 4.34. The van der Waals surface area contributed by atoms with Crippen LogP contribution in [0.4, 0.5) is 33.3 Å². The summed E-state index contributed by atoms with van der Waals surface area (Å²) < 4.78 is 89.4. The van der Waals surface area contributed by atoms with Crippen LogP contribution in [0.15, 0.2) is 30.3 Å². The van der Waals surface area contributed by atoms with Gasteiger partial charge in [-0.05, 0) is 31.2 Å². The van der Waals surface area contributed by atoms with Crippen molar-refractivity contribution in [1.82, 2.24) is 10.2 Å². The van der Waals surface area contributed by atoms with Crippen molar-refractivity contribution in [1.29, 1.82) is 0 Å². The predicted octanol–water partition coefficient (Wildman–Crippen LogP) is 3.63. The third kappa shape index (κ3) is 9.51. The van der Waals surface area contributed by atoms with Gasteiger partial charge in [0.15, 0.2) is 11.6 Å². The number of carbonyl (C=O) groups excluding carboxylic acids is 2. The molecule has 1 aliphatic heterocycles. The minimum absolute atomic E-state index is 0.138. The third-order valence-corrected chi connectivity index (χ3v) is 7.45. The second kappa shape index (κ2) is 13.3. The third-order valence-electron chi connectivity index (χ3n) is 6.44. The van der Waals surface area contributed by atoms with Crippen molar-refractivity contribution in [2.24, 2.45) is 5.14 Å². The van der Waals surface area contributed by atoms with E-state index in [1.165, 1.54) is 12.1 Å². The summed E-state index contributed by atoms with van der Waals surface area (Å²) in [5.74, 6) is -5.16. The summed E-state index contributed by atoms with van der Waals surface area (Å²) in [5.41, 5.74) is -0.181. The molecule has 0 spiro atoms. The molecular formula is C25H29ClF5N5O4S. The van der Waals surface area contributed by atoms with E-state index in [-0.39, 0.29) is 23.8 Å². The Hall–Kier alpha value is -3.01. The van der Waals surface area contributed by atoms with Crippen LogP contribution in [0, 0.1) is 11.6 Å². The number of nitrogens with zero attached hydrogens (tertiary/aromatic N) is 2. The van der Waals surface area contributed by atoms with Crippen molar-refractivity contribution in [3.8, 4) is 0 Å². The molecule has 1 aliphatic rings. The minimum atomic E-state index is -4.26. The Kier molecular flexibility index (Phi) is 10.6. The number of benzene rings is 2. The van der Waals surface area contributed by atoms with Gasteiger partial charge in [0.25, 0.3) is 5.91 Å². The highest BCUT2D eigenvalue weighted by molar-refractivity contribution is 7.89. The number of alkyl halides is 3. The Bertz CT molecular complexity index is 1390. The highest BCUT2D eigenvalue weighted by Gasteiger charge is 2.31. The maximum Gasteiger partial charge on any atom is 0.390 e. The number of anilines is 2. The van der Waals surface area contributed by atoms with E-state index in [1.807, 2.05) is 11.8 Å². The van der Waals surface area contributed by atoms with E-state index in [1.54, 1.807) is 11.0 Å². The number of nitrogens with two attached hydrogens (primary N) is 1. The summed E-state index contributed by atoms with van der Waals surface area (Å²) in [7, 11) is -3.87. The van der Waals surface area contributed by atoms with Crippen LogP contribution in [0.25, 0.3) is 0 Å². The Labute approximate surface area is 238 Å². The smallest absolute Gasteiger partial charge is 0.365 e. The van der Waals surface area contributed by atoms with E-state index in [2.05, 4.69) is 10.6 Å². The van der Waals surface area contributed by atoms with Gasteiger partial charge in [0.05, 0.1) is 29.1 Å². The van der Waals surface area contributed by atoms with Crippen LogP contribution < -0.4 is 20.7 Å². The molecule has 2 amide bonds. The first-order valence-electron chi connectivity index (χ1n) is 12.4. The van der Waals surface area contributed by atoms with Gasteiger partial charge in [-0.1, -0.05) is 17.7 Å². The van der Waals surface area contributed by atoms with Gasteiger partial charge in [0, 0.05) is 55.8 Å². The van der Waals surface area contributed by atoms with Gasteiger partial charge in [0.2, 0.25) is 15.9 Å². The van der Waals surface area contributed by atoms with Crippen LogP contribution in [0.3, 0.4) is 0 Å². The summed E-state index contributed by atoms with van der Waals surface area (Å²) in [6.45, 7) is 2.22. The summed E-state index contributed by atoms with van der Waals surface area (Å²) in [6.07, 6.45) is -5.65. The maximum absolute atomic E-state index is 14.9. The number of hydrogen-bond acceptors (Lipinski definition) is 6. The van der Waals surface area contributed by atoms with E-state index < -0.39 is 70.4 Å². The molecule has 0 aliphatic carbocycles. The first-order chi connectivity index (χ1) is 19.0. The van der Waals surface area contributed by atoms with Gasteiger partial charge in [-0.3, -0.25) is 14.5 Å². The molecule has 1 fully saturated rings. The molecule has 2 aromatic carbocycles. The molecule has 9 nitrogen and oxygen atoms in total. The Morgan fingerprint density at radius 1 is 1.12 bits per heavy atom. The van der Waals surface area contributed by atoms with Crippen LogP contribution in [-0.2, 0) is 21.4 Å². The molecule has 4 N–H and O–H groups in total. The molecule has 1 atom stereocenters. The van der Waals surface area contributed by atoms with Crippen molar-refractivity contribution in [3.05, 3.63) is 58.1 Å². The molecule has 0 radical (unpaired) electrons. The quantitative estimate of drug-likeness (QED) is 0.347. The molecule has 2 aromatic rings. The maximum atomic E-state index is 14.9. The number of primary sulfonamides is 1. The topological polar surface area (TPSA) is 125 Å². The van der Waals surface area contributed by atoms with Crippen molar-refractivity contribution in [2.45, 2.75) is 38.5 Å². The monoisotopic (exact) mass is 625 g/mol. The Morgan fingerprint density at radius 2 is 1.83 bits per heavy atom. The molecule has 0 saturated carbocycles. The van der Waals surface area contributed by atoms with Crippen LogP contribution in [0.2, 0.25) is 5.02 Å². The number of nitrogens with one attached hydrogen (secondary N) is 2. The fourth-order valence-corrected chi connectivity index (χ4v) is 4.97. The van der Waals surface area contributed by atoms with E-state index in [0.717, 1.165) is 12.1 Å². The number of hydrogen-bond donors (Lipinski definition) is 3. The van der Waals surface area contributed by atoms with Crippen molar-refractivity contribution < 1.29 is 40.0 Å². The lowest BCUT2D eigenvalue weighted by Gasteiger charge is -2.42. The molecule has 3 rings (SSSR count). The zero-order valence-electron chi connectivity index (χ0n) is 21.9. The van der Waals surface area contributed by atoms with Crippen molar-refractivity contribution in [2.75, 3.05) is 42.1 Å². The van der Waals surface area contributed by atoms with E-state index in [0.29, 0.717) is 30.3 Å². The van der Waals surface area contributed by atoms with E-state index >= 15 is 0 Å². The molecular weight excluding hydrogens is 597 g/mol. The minimum Gasteiger partial charge on any atom is -0.365 e. The fraction of sp³-hybridized carbons (Fsp3) is 0.440. The highest BCUT2D eigenvalue weighted by Crippen LogP contribution is 2.33. The van der Waals surface area contributed by atoms with Gasteiger partial charge in [-0.25, -0.2) is 22.3 Å². The predicted molar refractivity (Wildman–Crippen MR) is 144 cm³/mol. The first kappa shape index (κ1) is 32.5. The lowest BCUT2D eigenvalue weighted by molar-refractivity contribution is -0.138. The number of halogens is 6. The molecule has 0 bridgehead atoms. The van der Waals surface area contributed by atoms with Gasteiger partial charge in [-0.15, -0.1) is 0 Å². The molecule has 1 heterocycles. The molecule has 1 saturated heterocycles. The first-order valence-corrected chi connectivity index (χ1v) is 14.5. The highest BCUT2D eigenvalue weighted by atomic mass is 35.5. The standard InChI is InChI=1S/C25H29ClF5N5O4S/c1-15-14-35(8-7-25(29,30)31)9-10-36(15)20-12-17(26)3-5-19(20)34-24(38)18-4-2-16(22(27)23(18)28)13-33-21(37)6-11-41(32,39)40/h2-5,12,15H,6-11,13-14H2,1H3,(H,33,37)(H,34,38)(H2,32,39,40)/t15-/m1/s1. The van der Waals surface area contributed by atoms with Gasteiger partial charge >= 0.3 is 6.18 Å². The zero-order chi connectivity index (χ0) is 30.5. The van der Waals surface area contributed by atoms with Crippen molar-refractivity contribution >= 4 is 44.8 Å².